The molecule has 0 aliphatic heterocycles. The van der Waals surface area contributed by atoms with Gasteiger partial charge in [0, 0.05) is 19.3 Å². The highest BCUT2D eigenvalue weighted by atomic mass is 16.6. The SMILES string of the molecule is CCCCCCCCCCCC(=O)OC[C@H](COC(=O)CCCCCCCCCCCCCC(C)C)OC(=O)CCCCCCCCCC(C)C. The summed E-state index contributed by atoms with van der Waals surface area (Å²) in [6.07, 6.45) is 35.2. The van der Waals surface area contributed by atoms with Crippen LogP contribution >= 0.6 is 0 Å². The molecule has 302 valence electrons. The Hall–Kier alpha value is -1.59. The van der Waals surface area contributed by atoms with E-state index < -0.39 is 6.10 Å². The molecule has 6 heteroatoms. The van der Waals surface area contributed by atoms with Crippen molar-refractivity contribution in [3.63, 3.8) is 0 Å². The van der Waals surface area contributed by atoms with Crippen molar-refractivity contribution in [1.29, 1.82) is 0 Å². The lowest BCUT2D eigenvalue weighted by Crippen LogP contribution is -2.30. The molecule has 6 nitrogen and oxygen atoms in total. The first-order valence-corrected chi connectivity index (χ1v) is 22.2. The maximum absolute atomic E-state index is 12.7. The maximum atomic E-state index is 12.7. The highest BCUT2D eigenvalue weighted by molar-refractivity contribution is 5.71. The van der Waals surface area contributed by atoms with Crippen LogP contribution in [0.15, 0.2) is 0 Å². The van der Waals surface area contributed by atoms with Gasteiger partial charge < -0.3 is 14.2 Å². The van der Waals surface area contributed by atoms with E-state index in [1.807, 2.05) is 0 Å². The molecule has 0 aromatic rings. The van der Waals surface area contributed by atoms with Gasteiger partial charge in [-0.05, 0) is 31.1 Å². The second kappa shape index (κ2) is 38.1. The minimum absolute atomic E-state index is 0.0657. The molecule has 0 aliphatic carbocycles. The number of hydrogen-bond acceptors (Lipinski definition) is 6. The van der Waals surface area contributed by atoms with Gasteiger partial charge in [0.2, 0.25) is 0 Å². The summed E-state index contributed by atoms with van der Waals surface area (Å²) in [5.74, 6) is 0.741. The highest BCUT2D eigenvalue weighted by Crippen LogP contribution is 2.16. The molecule has 0 bridgehead atoms. The van der Waals surface area contributed by atoms with Crippen molar-refractivity contribution in [3.8, 4) is 0 Å². The third-order valence-electron chi connectivity index (χ3n) is 9.97. The van der Waals surface area contributed by atoms with Crippen molar-refractivity contribution in [3.05, 3.63) is 0 Å². The van der Waals surface area contributed by atoms with Gasteiger partial charge in [0.25, 0.3) is 0 Å². The van der Waals surface area contributed by atoms with Crippen LogP contribution < -0.4 is 0 Å². The molecule has 0 rings (SSSR count). The summed E-state index contributed by atoms with van der Waals surface area (Å²) in [5.41, 5.74) is 0. The van der Waals surface area contributed by atoms with E-state index in [-0.39, 0.29) is 31.1 Å². The Morgan fingerprint density at radius 1 is 0.373 bits per heavy atom. The first-order valence-electron chi connectivity index (χ1n) is 22.2. The van der Waals surface area contributed by atoms with E-state index in [1.54, 1.807) is 0 Å². The topological polar surface area (TPSA) is 78.9 Å². The van der Waals surface area contributed by atoms with Gasteiger partial charge in [-0.2, -0.15) is 0 Å². The minimum atomic E-state index is -0.760. The summed E-state index contributed by atoms with van der Waals surface area (Å²) < 4.78 is 16.7. The van der Waals surface area contributed by atoms with Gasteiger partial charge in [-0.1, -0.05) is 202 Å². The van der Waals surface area contributed by atoms with Gasteiger partial charge in [-0.25, -0.2) is 0 Å². The molecular formula is C45H86O6. The Bertz CT molecular complexity index is 779. The summed E-state index contributed by atoms with van der Waals surface area (Å²) in [6, 6.07) is 0. The Balaban J connectivity index is 4.30. The quantitative estimate of drug-likeness (QED) is 0.0357. The van der Waals surface area contributed by atoms with E-state index in [0.29, 0.717) is 19.3 Å². The lowest BCUT2D eigenvalue weighted by Gasteiger charge is -2.18. The number of ether oxygens (including phenoxy) is 3. The predicted octanol–water partition coefficient (Wildman–Crippen LogP) is 13.8. The first-order chi connectivity index (χ1) is 24.7. The lowest BCUT2D eigenvalue weighted by atomic mass is 10.0. The third kappa shape index (κ3) is 39.5. The molecule has 0 saturated heterocycles. The van der Waals surface area contributed by atoms with Gasteiger partial charge in [0.1, 0.15) is 13.2 Å². The Morgan fingerprint density at radius 2 is 0.647 bits per heavy atom. The third-order valence-corrected chi connectivity index (χ3v) is 9.97. The maximum Gasteiger partial charge on any atom is 0.306 e. The van der Waals surface area contributed by atoms with Crippen molar-refractivity contribution in [1.82, 2.24) is 0 Å². The fourth-order valence-electron chi connectivity index (χ4n) is 6.58. The standard InChI is InChI=1S/C45H86O6/c1-6-7-8-9-10-14-20-25-30-35-43(46)49-38-42(51-45(48)37-32-27-22-17-19-24-29-34-41(4)5)39-50-44(47)36-31-26-21-16-13-11-12-15-18-23-28-33-40(2)3/h40-42H,6-39H2,1-5H3/t42-/m1/s1. The molecular weight excluding hydrogens is 636 g/mol. The van der Waals surface area contributed by atoms with Crippen LogP contribution in [-0.2, 0) is 28.6 Å². The highest BCUT2D eigenvalue weighted by Gasteiger charge is 2.19. The summed E-state index contributed by atoms with van der Waals surface area (Å²) >= 11 is 0. The van der Waals surface area contributed by atoms with Crippen LogP contribution in [0.1, 0.15) is 240 Å². The zero-order valence-electron chi connectivity index (χ0n) is 34.7. The largest absolute Gasteiger partial charge is 0.462 e. The summed E-state index contributed by atoms with van der Waals surface area (Å²) in [6.45, 7) is 11.3. The normalized spacial score (nSPS) is 12.1. The van der Waals surface area contributed by atoms with E-state index in [2.05, 4.69) is 34.6 Å². The second-order valence-corrected chi connectivity index (χ2v) is 16.3. The van der Waals surface area contributed by atoms with E-state index in [9.17, 15) is 14.4 Å². The fraction of sp³-hybridized carbons (Fsp3) is 0.933. The van der Waals surface area contributed by atoms with Gasteiger partial charge in [-0.15, -0.1) is 0 Å². The molecule has 0 radical (unpaired) electrons. The molecule has 0 aliphatic rings. The number of hydrogen-bond donors (Lipinski definition) is 0. The Morgan fingerprint density at radius 3 is 0.961 bits per heavy atom. The van der Waals surface area contributed by atoms with Crippen molar-refractivity contribution in [2.24, 2.45) is 11.8 Å². The smallest absolute Gasteiger partial charge is 0.306 e. The van der Waals surface area contributed by atoms with Crippen molar-refractivity contribution in [2.45, 2.75) is 246 Å². The molecule has 0 saturated carbocycles. The van der Waals surface area contributed by atoms with Crippen molar-refractivity contribution >= 4 is 17.9 Å². The van der Waals surface area contributed by atoms with Crippen LogP contribution in [0.25, 0.3) is 0 Å². The minimum Gasteiger partial charge on any atom is -0.462 e. The predicted molar refractivity (Wildman–Crippen MR) is 215 cm³/mol. The van der Waals surface area contributed by atoms with Gasteiger partial charge in [0.05, 0.1) is 0 Å². The van der Waals surface area contributed by atoms with Crippen molar-refractivity contribution < 1.29 is 28.6 Å². The summed E-state index contributed by atoms with van der Waals surface area (Å²) in [4.78, 5) is 37.6. The van der Waals surface area contributed by atoms with Crippen LogP contribution in [0.5, 0.6) is 0 Å². The number of rotatable bonds is 39. The number of carbonyl (C=O) groups excluding carboxylic acids is 3. The molecule has 0 heterocycles. The molecule has 0 aromatic heterocycles. The molecule has 51 heavy (non-hydrogen) atoms. The number of carbonyl (C=O) groups is 3. The molecule has 1 atom stereocenters. The zero-order valence-corrected chi connectivity index (χ0v) is 34.7. The van der Waals surface area contributed by atoms with Crippen LogP contribution in [-0.4, -0.2) is 37.2 Å². The van der Waals surface area contributed by atoms with Crippen LogP contribution in [0.4, 0.5) is 0 Å². The fourth-order valence-corrected chi connectivity index (χ4v) is 6.58. The Kier molecular flexibility index (Phi) is 37.0. The molecule has 0 N–H and O–H groups in total. The van der Waals surface area contributed by atoms with E-state index in [1.165, 1.54) is 128 Å². The first kappa shape index (κ1) is 49.4. The van der Waals surface area contributed by atoms with E-state index in [4.69, 9.17) is 14.2 Å². The zero-order chi connectivity index (χ0) is 37.6. The average molecular weight is 723 g/mol. The van der Waals surface area contributed by atoms with Gasteiger partial charge in [-0.3, -0.25) is 14.4 Å². The molecule has 0 amide bonds. The second-order valence-electron chi connectivity index (χ2n) is 16.3. The summed E-state index contributed by atoms with van der Waals surface area (Å²) in [5, 5.41) is 0. The summed E-state index contributed by atoms with van der Waals surface area (Å²) in [7, 11) is 0. The van der Waals surface area contributed by atoms with Crippen LogP contribution in [0.3, 0.4) is 0 Å². The van der Waals surface area contributed by atoms with E-state index in [0.717, 1.165) is 69.6 Å². The number of unbranched alkanes of at least 4 members (excludes halogenated alkanes) is 24. The van der Waals surface area contributed by atoms with Gasteiger partial charge >= 0.3 is 17.9 Å². The molecule has 0 unspecified atom stereocenters. The molecule has 0 spiro atoms. The van der Waals surface area contributed by atoms with E-state index >= 15 is 0 Å². The Labute approximate surface area is 317 Å². The molecule has 0 aromatic carbocycles. The monoisotopic (exact) mass is 723 g/mol. The van der Waals surface area contributed by atoms with Crippen LogP contribution in [0, 0.1) is 11.8 Å². The van der Waals surface area contributed by atoms with Crippen molar-refractivity contribution in [2.75, 3.05) is 13.2 Å². The van der Waals surface area contributed by atoms with Crippen LogP contribution in [0.2, 0.25) is 0 Å². The lowest BCUT2D eigenvalue weighted by molar-refractivity contribution is -0.167. The van der Waals surface area contributed by atoms with Gasteiger partial charge in [0.15, 0.2) is 6.10 Å². The number of esters is 3. The average Bonchev–Trinajstić information content (AvgIpc) is 3.09. The molecule has 0 fully saturated rings.